The van der Waals surface area contributed by atoms with Crippen LogP contribution in [0.5, 0.6) is 0 Å². The first-order chi connectivity index (χ1) is 15.5. The second-order valence-electron chi connectivity index (χ2n) is 5.58. The van der Waals surface area contributed by atoms with Crippen LogP contribution in [0.2, 0.25) is 0 Å². The van der Waals surface area contributed by atoms with Crippen molar-refractivity contribution < 1.29 is 69.9 Å². The zero-order chi connectivity index (χ0) is 27.4. The SMILES string of the molecule is [2H]C([2H])(OP(=O)(O)OP(=O)(O)OP(=O)(O)O)[C@@]1(F)O[C@@]([2H])(n2cc(C#C)c(=O)[nH]c2=S)[C@H](O)[C@@H]1O. The molecule has 0 bridgehead atoms. The van der Waals surface area contributed by atoms with Crippen LogP contribution in [0.25, 0.3) is 0 Å². The van der Waals surface area contributed by atoms with E-state index in [-0.39, 0.29) is 0 Å². The molecule has 1 aliphatic rings. The zero-order valence-corrected chi connectivity index (χ0v) is 18.3. The smallest absolute Gasteiger partial charge is 0.385 e. The molecule has 1 aromatic heterocycles. The molecular formula is C11H14FN2O14P3S. The van der Waals surface area contributed by atoms with Crippen LogP contribution >= 0.6 is 35.7 Å². The van der Waals surface area contributed by atoms with Gasteiger partial charge >= 0.3 is 23.5 Å². The van der Waals surface area contributed by atoms with Gasteiger partial charge in [0.25, 0.3) is 11.4 Å². The lowest BCUT2D eigenvalue weighted by Gasteiger charge is -2.24. The van der Waals surface area contributed by atoms with Crippen LogP contribution in [0.15, 0.2) is 11.0 Å². The summed E-state index contributed by atoms with van der Waals surface area (Å²) in [6.07, 6.45) is -3.50. The summed E-state index contributed by atoms with van der Waals surface area (Å²) in [6, 6.07) is 0. The Kier molecular flexibility index (Phi) is 6.56. The van der Waals surface area contributed by atoms with Gasteiger partial charge in [0.05, 0.1) is 4.11 Å². The molecule has 0 saturated carbocycles. The molecule has 0 spiro atoms. The lowest BCUT2D eigenvalue weighted by Crippen LogP contribution is -2.42. The number of phosphoric ester groups is 1. The lowest BCUT2D eigenvalue weighted by molar-refractivity contribution is -0.204. The molecule has 180 valence electrons. The Morgan fingerprint density at radius 1 is 1.34 bits per heavy atom. The van der Waals surface area contributed by atoms with E-state index < -0.39 is 70.2 Å². The van der Waals surface area contributed by atoms with E-state index in [4.69, 9.17) is 37.4 Å². The number of alkyl halides is 1. The van der Waals surface area contributed by atoms with Crippen LogP contribution in [-0.4, -0.2) is 64.0 Å². The van der Waals surface area contributed by atoms with Gasteiger partial charge < -0.3 is 34.5 Å². The van der Waals surface area contributed by atoms with Crippen LogP contribution in [0.1, 0.15) is 15.9 Å². The first kappa shape index (κ1) is 22.7. The lowest BCUT2D eigenvalue weighted by atomic mass is 10.1. The monoisotopic (exact) mass is 545 g/mol. The number of aliphatic hydroxyl groups excluding tert-OH is 2. The van der Waals surface area contributed by atoms with Crippen molar-refractivity contribution in [1.82, 2.24) is 9.55 Å². The van der Waals surface area contributed by atoms with Gasteiger partial charge in [-0.2, -0.15) is 8.62 Å². The number of terminal acetylenes is 1. The predicted octanol–water partition coefficient (Wildman–Crippen LogP) is -0.853. The van der Waals surface area contributed by atoms with Crippen LogP contribution in [0, 0.1) is 17.1 Å². The number of rotatable bonds is 8. The highest BCUT2D eigenvalue weighted by Gasteiger charge is 2.57. The quantitative estimate of drug-likeness (QED) is 0.119. The Labute approximate surface area is 185 Å². The minimum Gasteiger partial charge on any atom is -0.385 e. The number of aliphatic hydroxyl groups is 2. The summed E-state index contributed by atoms with van der Waals surface area (Å²) in [7, 11) is -18.3. The zero-order valence-electron chi connectivity index (χ0n) is 17.8. The van der Waals surface area contributed by atoms with Crippen molar-refractivity contribution in [3.8, 4) is 12.3 Å². The third kappa shape index (κ3) is 6.48. The summed E-state index contributed by atoms with van der Waals surface area (Å²) in [5, 5.41) is 20.4. The van der Waals surface area contributed by atoms with E-state index >= 15 is 4.39 Å². The molecule has 32 heavy (non-hydrogen) atoms. The Hall–Kier alpha value is -1.12. The molecule has 1 saturated heterocycles. The van der Waals surface area contributed by atoms with Gasteiger partial charge in [-0.1, -0.05) is 5.92 Å². The molecule has 2 heterocycles. The van der Waals surface area contributed by atoms with Crippen molar-refractivity contribution in [3.63, 3.8) is 0 Å². The molecule has 6 atom stereocenters. The van der Waals surface area contributed by atoms with Gasteiger partial charge in [0.1, 0.15) is 24.3 Å². The van der Waals surface area contributed by atoms with Gasteiger partial charge in [0.2, 0.25) is 0 Å². The Bertz CT molecular complexity index is 1330. The molecule has 21 heteroatoms. The van der Waals surface area contributed by atoms with Gasteiger partial charge in [-0.05, 0) is 12.2 Å². The Morgan fingerprint density at radius 2 is 1.94 bits per heavy atom. The number of aromatic nitrogens is 2. The second-order valence-corrected chi connectivity index (χ2v) is 10.3. The summed E-state index contributed by atoms with van der Waals surface area (Å²) in [4.78, 5) is 49.3. The van der Waals surface area contributed by atoms with E-state index in [1.807, 2.05) is 10.9 Å². The number of phosphoric acid groups is 3. The van der Waals surface area contributed by atoms with Crippen molar-refractivity contribution in [1.29, 1.82) is 0 Å². The number of hydrogen-bond acceptors (Lipinski definition) is 11. The second kappa shape index (κ2) is 9.26. The van der Waals surface area contributed by atoms with Gasteiger partial charge in [-0.25, -0.2) is 18.1 Å². The van der Waals surface area contributed by atoms with E-state index in [9.17, 15) is 33.6 Å². The highest BCUT2D eigenvalue weighted by molar-refractivity contribution is 7.71. The van der Waals surface area contributed by atoms with Crippen molar-refractivity contribution in [2.24, 2.45) is 0 Å². The minimum atomic E-state index is -6.34. The Balaban J connectivity index is 2.47. The highest BCUT2D eigenvalue weighted by atomic mass is 32.1. The van der Waals surface area contributed by atoms with Gasteiger partial charge in [0, 0.05) is 6.20 Å². The molecule has 0 aliphatic carbocycles. The normalized spacial score (nSPS) is 33.9. The highest BCUT2D eigenvalue weighted by Crippen LogP contribution is 2.66. The molecule has 7 N–H and O–H groups in total. The number of halogens is 1. The average molecular weight is 545 g/mol. The molecule has 2 unspecified atom stereocenters. The van der Waals surface area contributed by atoms with Gasteiger partial charge in [-0.3, -0.25) is 18.9 Å². The largest absolute Gasteiger partial charge is 0.490 e. The fraction of sp³-hybridized carbons (Fsp3) is 0.455. The Morgan fingerprint density at radius 3 is 2.47 bits per heavy atom. The molecule has 1 fully saturated rings. The maximum atomic E-state index is 15.6. The van der Waals surface area contributed by atoms with E-state index in [0.29, 0.717) is 10.8 Å². The van der Waals surface area contributed by atoms with Crippen molar-refractivity contribution in [3.05, 3.63) is 26.9 Å². The molecule has 16 nitrogen and oxygen atoms in total. The number of aromatic amines is 1. The maximum Gasteiger partial charge on any atom is 0.490 e. The van der Waals surface area contributed by atoms with E-state index in [0.717, 1.165) is 0 Å². The summed E-state index contributed by atoms with van der Waals surface area (Å²) in [6.45, 7) is -4.43. The van der Waals surface area contributed by atoms with Gasteiger partial charge in [0.15, 0.2) is 11.0 Å². The van der Waals surface area contributed by atoms with Crippen LogP contribution in [0.4, 0.5) is 4.39 Å². The number of nitrogens with zero attached hydrogens (tertiary/aromatic N) is 1. The summed E-state index contributed by atoms with van der Waals surface area (Å²) in [5.41, 5.74) is -1.50. The van der Waals surface area contributed by atoms with E-state index in [2.05, 4.69) is 17.9 Å². The topological polar surface area (TPSA) is 247 Å². The van der Waals surface area contributed by atoms with E-state index in [1.54, 1.807) is 0 Å². The molecule has 1 aromatic rings. The molecule has 1 aliphatic heterocycles. The maximum absolute atomic E-state index is 15.6. The first-order valence-corrected chi connectivity index (χ1v) is 12.4. The number of ether oxygens (including phenoxy) is 1. The summed E-state index contributed by atoms with van der Waals surface area (Å²) in [5.74, 6) is -2.60. The van der Waals surface area contributed by atoms with Crippen LogP contribution < -0.4 is 5.56 Å². The summed E-state index contributed by atoms with van der Waals surface area (Å²) < 4.78 is 87.4. The third-order valence-corrected chi connectivity index (χ3v) is 7.18. The molecule has 0 aromatic carbocycles. The van der Waals surface area contributed by atoms with Crippen molar-refractivity contribution >= 4 is 35.7 Å². The molecule has 0 radical (unpaired) electrons. The van der Waals surface area contributed by atoms with E-state index in [1.165, 1.54) is 0 Å². The average Bonchev–Trinajstić information content (AvgIpc) is 2.79. The standard InChI is InChI=1S/C11H14FN2O14P3S/c1-2-5-3-14(10(32)13-8(5)17)9-6(15)7(16)11(12,26-9)4-25-30(21,22)28-31(23,24)27-29(18,19)20/h1,3,6-7,9,15-16H,4H2,(H,21,22)(H,23,24)(H,13,17,32)(H2,18,19,20)/t6-,7+,9-,11-/m1/s1/i4D2,9D. The number of H-pyrrole nitrogens is 1. The van der Waals surface area contributed by atoms with Crippen molar-refractivity contribution in [2.75, 3.05) is 6.56 Å². The third-order valence-electron chi connectivity index (χ3n) is 3.24. The minimum absolute atomic E-state index is 0.301. The van der Waals surface area contributed by atoms with Crippen LogP contribution in [-0.2, 0) is 31.6 Å². The summed E-state index contributed by atoms with van der Waals surface area (Å²) >= 11 is 4.76. The van der Waals surface area contributed by atoms with Gasteiger partial charge in [-0.15, -0.1) is 6.42 Å². The molecular weight excluding hydrogens is 528 g/mol. The molecule has 2 rings (SSSR count). The number of nitrogens with one attached hydrogen (secondary N) is 1. The fourth-order valence-corrected chi connectivity index (χ4v) is 5.15. The van der Waals surface area contributed by atoms with Crippen LogP contribution in [0.3, 0.4) is 0 Å². The number of hydrogen-bond donors (Lipinski definition) is 7. The first-order valence-electron chi connectivity index (χ1n) is 8.93. The fourth-order valence-electron chi connectivity index (χ4n) is 2.04. The van der Waals surface area contributed by atoms with Crippen molar-refractivity contribution in [2.45, 2.75) is 24.3 Å². The predicted molar refractivity (Wildman–Crippen MR) is 99.6 cm³/mol. The molecule has 0 amide bonds.